The third-order valence-corrected chi connectivity index (χ3v) is 4.40. The number of benzene rings is 1. The maximum atomic E-state index is 12.0. The van der Waals surface area contributed by atoms with Crippen LogP contribution in [-0.4, -0.2) is 17.0 Å². The number of nitrogens with zero attached hydrogens (tertiary/aromatic N) is 1. The van der Waals surface area contributed by atoms with Crippen LogP contribution in [0.5, 0.6) is 5.75 Å². The first-order valence-corrected chi connectivity index (χ1v) is 8.18. The molecule has 1 amide bonds. The molecule has 0 saturated carbocycles. The Hall–Kier alpha value is -1.40. The lowest BCUT2D eigenvalue weighted by atomic mass is 10.2. The predicted molar refractivity (Wildman–Crippen MR) is 87.7 cm³/mol. The summed E-state index contributed by atoms with van der Waals surface area (Å²) in [6.07, 6.45) is 1.22. The lowest BCUT2D eigenvalue weighted by Crippen LogP contribution is -2.35. The molecule has 1 aromatic heterocycles. The molecule has 0 aliphatic heterocycles. The van der Waals surface area contributed by atoms with Crippen LogP contribution in [0, 0.1) is 13.8 Å². The van der Waals surface area contributed by atoms with Gasteiger partial charge in [-0.25, -0.2) is 4.98 Å². The molecule has 1 unspecified atom stereocenters. The topological polar surface area (TPSA) is 51.2 Å². The van der Waals surface area contributed by atoms with Crippen LogP contribution in [0.3, 0.4) is 0 Å². The number of hydrogen-bond acceptors (Lipinski definition) is 4. The molecule has 0 aliphatic carbocycles. The van der Waals surface area contributed by atoms with Gasteiger partial charge in [0.25, 0.3) is 5.91 Å². The summed E-state index contributed by atoms with van der Waals surface area (Å²) in [6, 6.07) is 5.76. The molecule has 0 spiro atoms. The summed E-state index contributed by atoms with van der Waals surface area (Å²) < 4.78 is 6.53. The Labute approximate surface area is 136 Å². The van der Waals surface area contributed by atoms with Gasteiger partial charge in [0.05, 0.1) is 16.0 Å². The second kappa shape index (κ2) is 7.04. The zero-order valence-electron chi connectivity index (χ0n) is 12.1. The maximum Gasteiger partial charge on any atom is 0.261 e. The molecule has 0 saturated heterocycles. The SMILES string of the molecule is Cc1ccc(OC(C)C(=O)NCc2cnc(C)s2)c(Br)c1. The van der Waals surface area contributed by atoms with Crippen molar-refractivity contribution < 1.29 is 9.53 Å². The first kappa shape index (κ1) is 16.0. The van der Waals surface area contributed by atoms with Crippen molar-refractivity contribution in [1.82, 2.24) is 10.3 Å². The first-order valence-electron chi connectivity index (χ1n) is 6.57. The van der Waals surface area contributed by atoms with E-state index < -0.39 is 6.10 Å². The molecule has 2 aromatic rings. The number of rotatable bonds is 5. The molecular formula is C15H17BrN2O2S. The molecule has 0 aliphatic rings. The summed E-state index contributed by atoms with van der Waals surface area (Å²) in [7, 11) is 0. The van der Waals surface area contributed by atoms with Crippen molar-refractivity contribution in [2.45, 2.75) is 33.4 Å². The van der Waals surface area contributed by atoms with Crippen LogP contribution in [0.1, 0.15) is 22.4 Å². The van der Waals surface area contributed by atoms with E-state index in [9.17, 15) is 4.79 Å². The lowest BCUT2D eigenvalue weighted by Gasteiger charge is -2.15. The van der Waals surface area contributed by atoms with Gasteiger partial charge in [-0.1, -0.05) is 6.07 Å². The monoisotopic (exact) mass is 368 g/mol. The Balaban J connectivity index is 1.90. The van der Waals surface area contributed by atoms with Gasteiger partial charge in [0.15, 0.2) is 6.10 Å². The largest absolute Gasteiger partial charge is 0.480 e. The van der Waals surface area contributed by atoms with Gasteiger partial charge >= 0.3 is 0 Å². The number of carbonyl (C=O) groups excluding carboxylic acids is 1. The molecule has 1 atom stereocenters. The third kappa shape index (κ3) is 4.54. The molecule has 2 rings (SSSR count). The van der Waals surface area contributed by atoms with Crippen LogP contribution >= 0.6 is 27.3 Å². The van der Waals surface area contributed by atoms with Gasteiger partial charge < -0.3 is 10.1 Å². The van der Waals surface area contributed by atoms with E-state index in [0.29, 0.717) is 12.3 Å². The van der Waals surface area contributed by atoms with E-state index in [4.69, 9.17) is 4.74 Å². The molecule has 21 heavy (non-hydrogen) atoms. The highest BCUT2D eigenvalue weighted by Gasteiger charge is 2.16. The van der Waals surface area contributed by atoms with Gasteiger partial charge in [0.1, 0.15) is 5.75 Å². The van der Waals surface area contributed by atoms with Crippen LogP contribution in [-0.2, 0) is 11.3 Å². The minimum Gasteiger partial charge on any atom is -0.480 e. The zero-order chi connectivity index (χ0) is 15.4. The van der Waals surface area contributed by atoms with E-state index >= 15 is 0 Å². The second-order valence-corrected chi connectivity index (χ2v) is 6.93. The first-order chi connectivity index (χ1) is 9.95. The molecule has 0 bridgehead atoms. The Kier molecular flexibility index (Phi) is 5.36. The fourth-order valence-corrected chi connectivity index (χ4v) is 3.07. The second-order valence-electron chi connectivity index (χ2n) is 4.76. The number of carbonyl (C=O) groups is 1. The van der Waals surface area contributed by atoms with Gasteiger partial charge in [-0.3, -0.25) is 4.79 Å². The van der Waals surface area contributed by atoms with Crippen molar-refractivity contribution in [2.24, 2.45) is 0 Å². The fraction of sp³-hybridized carbons (Fsp3) is 0.333. The number of aryl methyl sites for hydroxylation is 2. The number of amides is 1. The van der Waals surface area contributed by atoms with E-state index in [-0.39, 0.29) is 5.91 Å². The van der Waals surface area contributed by atoms with Gasteiger partial charge in [-0.05, 0) is 54.4 Å². The highest BCUT2D eigenvalue weighted by atomic mass is 79.9. The summed E-state index contributed by atoms with van der Waals surface area (Å²) in [5.41, 5.74) is 1.13. The van der Waals surface area contributed by atoms with E-state index in [1.165, 1.54) is 0 Å². The molecule has 1 heterocycles. The van der Waals surface area contributed by atoms with Crippen molar-refractivity contribution in [1.29, 1.82) is 0 Å². The standard InChI is InChI=1S/C15H17BrN2O2S/c1-9-4-5-14(13(16)6-9)20-10(2)15(19)18-8-12-7-17-11(3)21-12/h4-7,10H,8H2,1-3H3,(H,18,19). The fourth-order valence-electron chi connectivity index (χ4n) is 1.75. The van der Waals surface area contributed by atoms with Crippen LogP contribution in [0.2, 0.25) is 0 Å². The quantitative estimate of drug-likeness (QED) is 0.876. The summed E-state index contributed by atoms with van der Waals surface area (Å²) in [4.78, 5) is 17.2. The normalized spacial score (nSPS) is 12.0. The summed E-state index contributed by atoms with van der Waals surface area (Å²) >= 11 is 5.02. The van der Waals surface area contributed by atoms with Crippen molar-refractivity contribution in [2.75, 3.05) is 0 Å². The molecular weight excluding hydrogens is 352 g/mol. The van der Waals surface area contributed by atoms with Crippen LogP contribution in [0.4, 0.5) is 0 Å². The van der Waals surface area contributed by atoms with Crippen LogP contribution in [0.25, 0.3) is 0 Å². The minimum atomic E-state index is -0.557. The number of ether oxygens (including phenoxy) is 1. The van der Waals surface area contributed by atoms with E-state index in [0.717, 1.165) is 19.9 Å². The van der Waals surface area contributed by atoms with Gasteiger partial charge in [-0.2, -0.15) is 0 Å². The number of aromatic nitrogens is 1. The van der Waals surface area contributed by atoms with Gasteiger partial charge in [0.2, 0.25) is 0 Å². The smallest absolute Gasteiger partial charge is 0.261 e. The van der Waals surface area contributed by atoms with Crippen LogP contribution < -0.4 is 10.1 Å². The van der Waals surface area contributed by atoms with Crippen LogP contribution in [0.15, 0.2) is 28.9 Å². The zero-order valence-corrected chi connectivity index (χ0v) is 14.5. The Morgan fingerprint density at radius 1 is 1.48 bits per heavy atom. The number of halogens is 1. The molecule has 6 heteroatoms. The summed E-state index contributed by atoms with van der Waals surface area (Å²) in [5.74, 6) is 0.519. The van der Waals surface area contributed by atoms with Crippen molar-refractivity contribution in [3.8, 4) is 5.75 Å². The van der Waals surface area contributed by atoms with Crippen molar-refractivity contribution in [3.63, 3.8) is 0 Å². The minimum absolute atomic E-state index is 0.145. The average Bonchev–Trinajstić information content (AvgIpc) is 2.85. The summed E-state index contributed by atoms with van der Waals surface area (Å²) in [6.45, 7) is 6.16. The Morgan fingerprint density at radius 2 is 2.24 bits per heavy atom. The van der Waals surface area contributed by atoms with E-state index in [1.807, 2.05) is 32.0 Å². The number of hydrogen-bond donors (Lipinski definition) is 1. The molecule has 112 valence electrons. The molecule has 4 nitrogen and oxygen atoms in total. The van der Waals surface area contributed by atoms with Crippen molar-refractivity contribution >= 4 is 33.2 Å². The Morgan fingerprint density at radius 3 is 2.86 bits per heavy atom. The van der Waals surface area contributed by atoms with E-state index in [2.05, 4.69) is 26.2 Å². The summed E-state index contributed by atoms with van der Waals surface area (Å²) in [5, 5.41) is 3.85. The molecule has 0 fully saturated rings. The molecule has 1 N–H and O–H groups in total. The Bertz CT molecular complexity index is 642. The average molecular weight is 369 g/mol. The third-order valence-electron chi connectivity index (χ3n) is 2.87. The lowest BCUT2D eigenvalue weighted by molar-refractivity contribution is -0.127. The molecule has 0 radical (unpaired) electrons. The molecule has 1 aromatic carbocycles. The van der Waals surface area contributed by atoms with Gasteiger partial charge in [-0.15, -0.1) is 11.3 Å². The van der Waals surface area contributed by atoms with Gasteiger partial charge in [0, 0.05) is 11.1 Å². The number of nitrogens with one attached hydrogen (secondary N) is 1. The van der Waals surface area contributed by atoms with Crippen molar-refractivity contribution in [3.05, 3.63) is 44.3 Å². The van der Waals surface area contributed by atoms with E-state index in [1.54, 1.807) is 24.5 Å². The predicted octanol–water partition coefficient (Wildman–Crippen LogP) is 3.61. The maximum absolute atomic E-state index is 12.0. The highest BCUT2D eigenvalue weighted by molar-refractivity contribution is 9.10. The number of thiazole rings is 1. The highest BCUT2D eigenvalue weighted by Crippen LogP contribution is 2.26.